The van der Waals surface area contributed by atoms with Crippen molar-refractivity contribution in [3.05, 3.63) is 40.9 Å². The Hall–Kier alpha value is -2.01. The molecule has 0 aromatic heterocycles. The van der Waals surface area contributed by atoms with Gasteiger partial charge in [0.2, 0.25) is 0 Å². The Morgan fingerprint density at radius 2 is 1.81 bits per heavy atom. The second-order valence-corrected chi connectivity index (χ2v) is 7.74. The molecule has 0 radical (unpaired) electrons. The van der Waals surface area contributed by atoms with Crippen LogP contribution in [0.2, 0.25) is 5.02 Å². The van der Waals surface area contributed by atoms with E-state index in [0.29, 0.717) is 16.0 Å². The molecule has 2 aliphatic rings. The fraction of sp³-hybridized carbons (Fsp3) is 0.400. The van der Waals surface area contributed by atoms with Gasteiger partial charge in [0.05, 0.1) is 5.02 Å². The van der Waals surface area contributed by atoms with E-state index in [4.69, 9.17) is 11.6 Å². The minimum atomic E-state index is -3.65. The van der Waals surface area contributed by atoms with Gasteiger partial charge in [0, 0.05) is 23.9 Å². The van der Waals surface area contributed by atoms with Gasteiger partial charge in [0.1, 0.15) is 0 Å². The lowest BCUT2D eigenvalue weighted by molar-refractivity contribution is -0.286. The lowest BCUT2D eigenvalue weighted by Crippen LogP contribution is -2.25. The molecule has 1 aliphatic heterocycles. The Kier molecular flexibility index (Phi) is 4.03. The number of aryl methyl sites for hydroxylation is 1. The summed E-state index contributed by atoms with van der Waals surface area (Å²) in [5.41, 5.74) is 4.17. The standard InChI is InChI=1S/C20H20ClF2NO2/c1-3-12-8-13(4-5-16(12)24-11-19(2)6-7-19)14-9-17-18(10-15(14)21)26-20(22,23)25-17/h4-5,8-10,24H,3,6-7,11H2,1-2H3. The molecule has 0 amide bonds. The summed E-state index contributed by atoms with van der Waals surface area (Å²) >= 11 is 6.30. The van der Waals surface area contributed by atoms with Crippen molar-refractivity contribution in [3.63, 3.8) is 0 Å². The quantitative estimate of drug-likeness (QED) is 0.680. The molecule has 0 atom stereocenters. The monoisotopic (exact) mass is 379 g/mol. The Balaban J connectivity index is 1.64. The van der Waals surface area contributed by atoms with Gasteiger partial charge in [-0.3, -0.25) is 0 Å². The summed E-state index contributed by atoms with van der Waals surface area (Å²) < 4.78 is 35.5. The van der Waals surface area contributed by atoms with Gasteiger partial charge in [-0.2, -0.15) is 0 Å². The van der Waals surface area contributed by atoms with Crippen LogP contribution in [0.5, 0.6) is 11.5 Å². The van der Waals surface area contributed by atoms with Gasteiger partial charge in [-0.25, -0.2) is 0 Å². The number of benzene rings is 2. The van der Waals surface area contributed by atoms with Crippen molar-refractivity contribution in [1.29, 1.82) is 0 Å². The molecule has 1 aliphatic carbocycles. The van der Waals surface area contributed by atoms with E-state index in [1.807, 2.05) is 18.2 Å². The van der Waals surface area contributed by atoms with E-state index in [0.717, 1.165) is 29.8 Å². The maximum atomic E-state index is 13.3. The second kappa shape index (κ2) is 6.02. The van der Waals surface area contributed by atoms with Crippen LogP contribution in [0.3, 0.4) is 0 Å². The van der Waals surface area contributed by atoms with Crippen molar-refractivity contribution < 1.29 is 18.3 Å². The van der Waals surface area contributed by atoms with E-state index in [1.165, 1.54) is 25.0 Å². The zero-order chi connectivity index (χ0) is 18.5. The van der Waals surface area contributed by atoms with E-state index in [9.17, 15) is 8.78 Å². The number of fused-ring (bicyclic) bond motifs is 1. The molecule has 2 aromatic rings. The SMILES string of the molecule is CCc1cc(-c2cc3c(cc2Cl)OC(F)(F)O3)ccc1NCC1(C)CC1. The Bertz CT molecular complexity index is 865. The van der Waals surface area contributed by atoms with E-state index in [2.05, 4.69) is 28.6 Å². The molecule has 6 heteroatoms. The fourth-order valence-electron chi connectivity index (χ4n) is 3.12. The maximum Gasteiger partial charge on any atom is 0.586 e. The van der Waals surface area contributed by atoms with Crippen LogP contribution in [0, 0.1) is 5.41 Å². The van der Waals surface area contributed by atoms with Crippen LogP contribution in [0.4, 0.5) is 14.5 Å². The topological polar surface area (TPSA) is 30.5 Å². The highest BCUT2D eigenvalue weighted by molar-refractivity contribution is 6.33. The summed E-state index contributed by atoms with van der Waals surface area (Å²) in [6.07, 6.45) is -0.271. The van der Waals surface area contributed by atoms with Gasteiger partial charge < -0.3 is 14.8 Å². The highest BCUT2D eigenvalue weighted by Crippen LogP contribution is 2.47. The predicted molar refractivity (Wildman–Crippen MR) is 98.3 cm³/mol. The number of hydrogen-bond acceptors (Lipinski definition) is 3. The van der Waals surface area contributed by atoms with Crippen LogP contribution in [0.25, 0.3) is 11.1 Å². The van der Waals surface area contributed by atoms with Crippen LogP contribution in [-0.4, -0.2) is 12.8 Å². The van der Waals surface area contributed by atoms with Crippen molar-refractivity contribution >= 4 is 17.3 Å². The first-order valence-electron chi connectivity index (χ1n) is 8.75. The van der Waals surface area contributed by atoms with Crippen molar-refractivity contribution in [1.82, 2.24) is 0 Å². The number of alkyl halides is 2. The van der Waals surface area contributed by atoms with Crippen molar-refractivity contribution in [2.45, 2.75) is 39.4 Å². The molecule has 4 rings (SSSR count). The number of ether oxygens (including phenoxy) is 2. The van der Waals surface area contributed by atoms with Gasteiger partial charge in [-0.15, -0.1) is 8.78 Å². The van der Waals surface area contributed by atoms with Gasteiger partial charge >= 0.3 is 6.29 Å². The molecule has 2 aromatic carbocycles. The van der Waals surface area contributed by atoms with E-state index < -0.39 is 6.29 Å². The predicted octanol–water partition coefficient (Wildman–Crippen LogP) is 6.10. The first-order valence-corrected chi connectivity index (χ1v) is 9.13. The Labute approximate surface area is 156 Å². The minimum absolute atomic E-state index is 0.00342. The smallest absolute Gasteiger partial charge is 0.395 e. The van der Waals surface area contributed by atoms with Crippen molar-refractivity contribution in [2.75, 3.05) is 11.9 Å². The molecule has 1 N–H and O–H groups in total. The van der Waals surface area contributed by atoms with Crippen molar-refractivity contribution in [2.24, 2.45) is 5.41 Å². The summed E-state index contributed by atoms with van der Waals surface area (Å²) in [6.45, 7) is 5.33. The molecule has 3 nitrogen and oxygen atoms in total. The molecule has 0 spiro atoms. The molecule has 138 valence electrons. The summed E-state index contributed by atoms with van der Waals surface area (Å²) in [4.78, 5) is 0. The largest absolute Gasteiger partial charge is 0.586 e. The van der Waals surface area contributed by atoms with E-state index in [-0.39, 0.29) is 11.5 Å². The molecule has 1 saturated carbocycles. The molecule has 1 heterocycles. The van der Waals surface area contributed by atoms with Gasteiger partial charge in [0.15, 0.2) is 11.5 Å². The second-order valence-electron chi connectivity index (χ2n) is 7.34. The van der Waals surface area contributed by atoms with Crippen molar-refractivity contribution in [3.8, 4) is 22.6 Å². The van der Waals surface area contributed by atoms with Gasteiger partial charge in [-0.05, 0) is 54.0 Å². The highest BCUT2D eigenvalue weighted by atomic mass is 35.5. The zero-order valence-corrected chi connectivity index (χ0v) is 15.4. The lowest BCUT2D eigenvalue weighted by atomic mass is 9.99. The summed E-state index contributed by atoms with van der Waals surface area (Å²) in [6, 6.07) is 8.89. The third kappa shape index (κ3) is 3.32. The molecule has 26 heavy (non-hydrogen) atoms. The van der Waals surface area contributed by atoms with Crippen LogP contribution in [0.15, 0.2) is 30.3 Å². The minimum Gasteiger partial charge on any atom is -0.395 e. The number of rotatable bonds is 5. The maximum absolute atomic E-state index is 13.3. The average molecular weight is 380 g/mol. The Morgan fingerprint density at radius 1 is 1.12 bits per heavy atom. The van der Waals surface area contributed by atoms with E-state index in [1.54, 1.807) is 0 Å². The number of hydrogen-bond donors (Lipinski definition) is 1. The van der Waals surface area contributed by atoms with Crippen LogP contribution < -0.4 is 14.8 Å². The first kappa shape index (κ1) is 17.4. The lowest BCUT2D eigenvalue weighted by Gasteiger charge is -2.16. The summed E-state index contributed by atoms with van der Waals surface area (Å²) in [5, 5.41) is 3.88. The zero-order valence-electron chi connectivity index (χ0n) is 14.7. The van der Waals surface area contributed by atoms with Crippen LogP contribution in [0.1, 0.15) is 32.3 Å². The summed E-state index contributed by atoms with van der Waals surface area (Å²) in [7, 11) is 0. The number of halogens is 3. The normalized spacial score (nSPS) is 18.7. The van der Waals surface area contributed by atoms with Crippen LogP contribution in [-0.2, 0) is 6.42 Å². The first-order chi connectivity index (χ1) is 12.3. The fourth-order valence-corrected chi connectivity index (χ4v) is 3.38. The third-order valence-electron chi connectivity index (χ3n) is 5.10. The Morgan fingerprint density at radius 3 is 2.46 bits per heavy atom. The number of anilines is 1. The van der Waals surface area contributed by atoms with Gasteiger partial charge in [0.25, 0.3) is 0 Å². The third-order valence-corrected chi connectivity index (χ3v) is 5.41. The van der Waals surface area contributed by atoms with Gasteiger partial charge in [-0.1, -0.05) is 31.5 Å². The molecule has 0 unspecified atom stereocenters. The molecule has 0 saturated heterocycles. The summed E-state index contributed by atoms with van der Waals surface area (Å²) in [5.74, 6) is -0.0493. The molecule has 0 bridgehead atoms. The molecule has 1 fully saturated rings. The average Bonchev–Trinajstić information content (AvgIpc) is 3.24. The molecular formula is C20H20ClF2NO2. The van der Waals surface area contributed by atoms with Crippen LogP contribution >= 0.6 is 11.6 Å². The molecular weight excluding hydrogens is 360 g/mol. The van der Waals surface area contributed by atoms with E-state index >= 15 is 0 Å². The highest BCUT2D eigenvalue weighted by Gasteiger charge is 2.44. The number of nitrogens with one attached hydrogen (secondary N) is 1.